The number of hydrogen-bond donors (Lipinski definition) is 5. The molecule has 108 valence electrons. The van der Waals surface area contributed by atoms with Gasteiger partial charge >= 0.3 is 77.1 Å². The molecule has 0 unspecified atom stereocenters. The maximum atomic E-state index is 10.8. The maximum Gasteiger partial charge on any atom is 1.00 e. The van der Waals surface area contributed by atoms with Gasteiger partial charge in [0.1, 0.15) is 0 Å². The Morgan fingerprint density at radius 2 is 1.37 bits per heavy atom. The zero-order chi connectivity index (χ0) is 13.9. The predicted molar refractivity (Wildman–Crippen MR) is 49.1 cm³/mol. The third-order valence-electron chi connectivity index (χ3n) is 1.56. The number of phosphoric ester groups is 1. The van der Waals surface area contributed by atoms with Gasteiger partial charge in [0.05, 0.1) is 12.8 Å². The molecule has 0 spiro atoms. The SMILES string of the molecule is O=C(O)CC(CC(=O)O)(OP(=O)(O)O)C(=O)O.[Fe].[H-].[K+]. The summed E-state index contributed by atoms with van der Waals surface area (Å²) in [6.07, 6.45) is -2.81. The van der Waals surface area contributed by atoms with Crippen LogP contribution in [0.5, 0.6) is 0 Å². The van der Waals surface area contributed by atoms with Crippen LogP contribution in [-0.4, -0.2) is 48.6 Å². The summed E-state index contributed by atoms with van der Waals surface area (Å²) in [6.45, 7) is 0. The van der Waals surface area contributed by atoms with Crippen LogP contribution in [0.2, 0.25) is 0 Å². The molecule has 0 aliphatic heterocycles. The average molecular weight is 368 g/mol. The van der Waals surface area contributed by atoms with Gasteiger partial charge in [0.25, 0.3) is 0 Å². The molecule has 5 N–H and O–H groups in total. The van der Waals surface area contributed by atoms with E-state index in [0.717, 1.165) is 0 Å². The van der Waals surface area contributed by atoms with Crippen LogP contribution in [0.25, 0.3) is 0 Å². The number of aliphatic carboxylic acids is 3. The molecule has 10 nitrogen and oxygen atoms in total. The molecule has 0 amide bonds. The van der Waals surface area contributed by atoms with Crippen LogP contribution in [0, 0.1) is 0 Å². The van der Waals surface area contributed by atoms with Gasteiger partial charge < -0.3 is 26.5 Å². The van der Waals surface area contributed by atoms with E-state index in [4.69, 9.17) is 25.1 Å². The van der Waals surface area contributed by atoms with Gasteiger partial charge in [-0.25, -0.2) is 9.36 Å². The van der Waals surface area contributed by atoms with Crippen LogP contribution in [0.4, 0.5) is 0 Å². The summed E-state index contributed by atoms with van der Waals surface area (Å²) in [4.78, 5) is 48.5. The molecule has 0 radical (unpaired) electrons. The van der Waals surface area contributed by atoms with Crippen LogP contribution in [0.3, 0.4) is 0 Å². The van der Waals surface area contributed by atoms with E-state index in [1.807, 2.05) is 0 Å². The van der Waals surface area contributed by atoms with Crippen LogP contribution in [-0.2, 0) is 40.5 Å². The second-order valence-electron chi connectivity index (χ2n) is 3.02. The van der Waals surface area contributed by atoms with Crippen LogP contribution < -0.4 is 51.4 Å². The molecule has 0 fully saturated rings. The maximum absolute atomic E-state index is 10.8. The molecule has 0 saturated carbocycles. The molecular weight excluding hydrogens is 358 g/mol. The van der Waals surface area contributed by atoms with E-state index in [1.165, 1.54) is 0 Å². The second kappa shape index (κ2) is 9.58. The van der Waals surface area contributed by atoms with Crippen molar-refractivity contribution in [2.75, 3.05) is 0 Å². The average Bonchev–Trinajstić information content (AvgIpc) is 1.96. The Balaban J connectivity index is -0.000000427. The first-order chi connectivity index (χ1) is 7.48. The first-order valence-corrected chi connectivity index (χ1v) is 5.45. The van der Waals surface area contributed by atoms with Crippen molar-refractivity contribution in [1.82, 2.24) is 0 Å². The summed E-state index contributed by atoms with van der Waals surface area (Å²) in [5, 5.41) is 25.5. The number of carboxylic acids is 3. The monoisotopic (exact) mass is 368 g/mol. The summed E-state index contributed by atoms with van der Waals surface area (Å²) in [5.41, 5.74) is -3.02. The van der Waals surface area contributed by atoms with Gasteiger partial charge in [-0.3, -0.25) is 14.1 Å². The predicted octanol–water partition coefficient (Wildman–Crippen LogP) is -4.02. The molecule has 13 heteroatoms. The number of carboxylic acid groups (broad SMARTS) is 3. The van der Waals surface area contributed by atoms with Crippen molar-refractivity contribution in [3.05, 3.63) is 0 Å². The Morgan fingerprint density at radius 3 is 1.53 bits per heavy atom. The summed E-state index contributed by atoms with van der Waals surface area (Å²) in [5.74, 6) is -5.64. The zero-order valence-corrected chi connectivity index (χ0v) is 14.6. The van der Waals surface area contributed by atoms with Crippen molar-refractivity contribution >= 4 is 25.7 Å². The van der Waals surface area contributed by atoms with Crippen LogP contribution >= 0.6 is 7.82 Å². The second-order valence-corrected chi connectivity index (χ2v) is 4.19. The minimum atomic E-state index is -5.36. The summed E-state index contributed by atoms with van der Waals surface area (Å²) in [7, 11) is -5.36. The first kappa shape index (κ1) is 24.7. The molecule has 0 aromatic heterocycles. The molecular formula is C6H10FeKO10P. The zero-order valence-electron chi connectivity index (χ0n) is 10.5. The van der Waals surface area contributed by atoms with Crippen molar-refractivity contribution in [3.63, 3.8) is 0 Å². The van der Waals surface area contributed by atoms with Crippen molar-refractivity contribution in [1.29, 1.82) is 0 Å². The Kier molecular flexibility index (Phi) is 12.4. The Morgan fingerprint density at radius 1 is 1.05 bits per heavy atom. The molecule has 0 aliphatic rings. The van der Waals surface area contributed by atoms with E-state index < -0.39 is 44.2 Å². The summed E-state index contributed by atoms with van der Waals surface area (Å²) < 4.78 is 14.4. The van der Waals surface area contributed by atoms with Crippen molar-refractivity contribution < 1.29 is 118 Å². The Bertz CT molecular complexity index is 381. The third kappa shape index (κ3) is 10.1. The minimum Gasteiger partial charge on any atom is -1.00 e. The molecule has 0 aliphatic carbocycles. The molecule has 0 heterocycles. The van der Waals surface area contributed by atoms with Crippen LogP contribution in [0.15, 0.2) is 0 Å². The topological polar surface area (TPSA) is 179 Å². The number of phosphoric acid groups is 1. The molecule has 0 rings (SSSR count). The van der Waals surface area contributed by atoms with Gasteiger partial charge in [-0.2, -0.15) is 0 Å². The quantitative estimate of drug-likeness (QED) is 0.220. The number of carbonyl (C=O) groups is 3. The first-order valence-electron chi connectivity index (χ1n) is 3.92. The molecule has 0 aromatic carbocycles. The van der Waals surface area contributed by atoms with E-state index in [1.54, 1.807) is 0 Å². The Labute approximate surface area is 161 Å². The van der Waals surface area contributed by atoms with E-state index >= 15 is 0 Å². The fraction of sp³-hybridized carbons (Fsp3) is 0.500. The van der Waals surface area contributed by atoms with Gasteiger partial charge in [-0.15, -0.1) is 0 Å². The summed E-state index contributed by atoms with van der Waals surface area (Å²) >= 11 is 0. The van der Waals surface area contributed by atoms with Crippen LogP contribution in [0.1, 0.15) is 14.3 Å². The molecule has 0 aromatic rings. The van der Waals surface area contributed by atoms with Gasteiger partial charge in [-0.1, -0.05) is 0 Å². The molecule has 19 heavy (non-hydrogen) atoms. The van der Waals surface area contributed by atoms with E-state index in [-0.39, 0.29) is 69.9 Å². The third-order valence-corrected chi connectivity index (χ3v) is 2.14. The minimum absolute atomic E-state index is 0. The van der Waals surface area contributed by atoms with Crippen molar-refractivity contribution in [2.45, 2.75) is 18.4 Å². The van der Waals surface area contributed by atoms with Crippen molar-refractivity contribution in [2.24, 2.45) is 0 Å². The van der Waals surface area contributed by atoms with Gasteiger partial charge in [0.15, 0.2) is 5.60 Å². The smallest absolute Gasteiger partial charge is 1.00 e. The van der Waals surface area contributed by atoms with Crippen molar-refractivity contribution in [3.8, 4) is 0 Å². The number of hydrogen-bond acceptors (Lipinski definition) is 5. The van der Waals surface area contributed by atoms with Gasteiger partial charge in [-0.05, 0) is 0 Å². The fourth-order valence-electron chi connectivity index (χ4n) is 1.03. The molecule has 0 bridgehead atoms. The fourth-order valence-corrected chi connectivity index (χ4v) is 1.70. The van der Waals surface area contributed by atoms with Gasteiger partial charge in [0, 0.05) is 17.1 Å². The summed E-state index contributed by atoms with van der Waals surface area (Å²) in [6, 6.07) is 0. The van der Waals surface area contributed by atoms with Gasteiger partial charge in [0.2, 0.25) is 0 Å². The largest absolute Gasteiger partial charge is 1.00 e. The van der Waals surface area contributed by atoms with E-state index in [2.05, 4.69) is 4.52 Å². The standard InChI is InChI=1S/C6H9O10P.Fe.K.H/c7-3(8)1-6(5(11)12,2-4(9)10)16-17(13,14)15;;;/h1-2H2,(H,7,8)(H,9,10)(H,11,12)(H2,13,14,15);;;/q;;+1;-1. The Hall–Kier alpha value is 0.676. The molecule has 0 saturated heterocycles. The van der Waals surface area contributed by atoms with E-state index in [9.17, 15) is 18.9 Å². The normalized spacial score (nSPS) is 10.8. The molecule has 0 atom stereocenters. The van der Waals surface area contributed by atoms with E-state index in [0.29, 0.717) is 0 Å². The number of rotatable bonds is 7.